The Morgan fingerprint density at radius 1 is 0.376 bits per heavy atom. The summed E-state index contributed by atoms with van der Waals surface area (Å²) in [7, 11) is 0. The van der Waals surface area contributed by atoms with E-state index in [1.165, 1.54) is 39.0 Å². The lowest BCUT2D eigenvalue weighted by molar-refractivity contribution is -0.148. The van der Waals surface area contributed by atoms with Crippen molar-refractivity contribution in [3.63, 3.8) is 0 Å². The highest BCUT2D eigenvalue weighted by Crippen LogP contribution is 2.19. The first kappa shape index (κ1) is 79.0. The van der Waals surface area contributed by atoms with Gasteiger partial charge in [0.05, 0.1) is 51.0 Å². The maximum atomic E-state index is 12.6. The molecule has 26 heteroatoms. The van der Waals surface area contributed by atoms with Crippen LogP contribution in [0.15, 0.2) is 0 Å². The van der Waals surface area contributed by atoms with Gasteiger partial charge in [0.1, 0.15) is 36.9 Å². The fourth-order valence-electron chi connectivity index (χ4n) is 8.80. The molecular formula is C59H100N4O22. The van der Waals surface area contributed by atoms with Crippen LogP contribution in [0, 0.1) is 17.8 Å². The van der Waals surface area contributed by atoms with Crippen molar-refractivity contribution in [2.75, 3.05) is 65.9 Å². The van der Waals surface area contributed by atoms with E-state index >= 15 is 0 Å². The predicted octanol–water partition coefficient (Wildman–Crippen LogP) is 4.95. The highest BCUT2D eigenvalue weighted by atomic mass is 16.5. The number of aliphatic hydroxyl groups excluding tert-OH is 1. The number of aliphatic hydroxyl groups is 1. The minimum Gasteiger partial charge on any atom is -0.481 e. The fourth-order valence-corrected chi connectivity index (χ4v) is 8.80. The molecule has 0 spiro atoms. The summed E-state index contributed by atoms with van der Waals surface area (Å²) >= 11 is 0. The zero-order chi connectivity index (χ0) is 63.6. The first-order chi connectivity index (χ1) is 40.5. The molecule has 0 fully saturated rings. The fraction of sp³-hybridized carbons (Fsp3) is 0.797. The maximum Gasteiger partial charge on any atom is 0.326 e. The van der Waals surface area contributed by atoms with Crippen LogP contribution in [0.2, 0.25) is 0 Å². The van der Waals surface area contributed by atoms with Crippen LogP contribution in [0.4, 0.5) is 0 Å². The molecule has 0 aliphatic rings. The number of carbonyl (C=O) groups excluding carboxylic acids is 7. The van der Waals surface area contributed by atoms with E-state index in [0.29, 0.717) is 32.1 Å². The quantitative estimate of drug-likeness (QED) is 0.0360. The van der Waals surface area contributed by atoms with Gasteiger partial charge >= 0.3 is 29.8 Å². The molecule has 0 unspecified atom stereocenters. The molecule has 0 saturated carbocycles. The maximum absolute atomic E-state index is 12.6. The topological polar surface area (TPSA) is 411 Å². The Bertz CT molecular complexity index is 1990. The van der Waals surface area contributed by atoms with Gasteiger partial charge in [-0.25, -0.2) is 9.59 Å². The van der Waals surface area contributed by atoms with Crippen LogP contribution >= 0.6 is 0 Å². The molecule has 26 nitrogen and oxygen atoms in total. The lowest BCUT2D eigenvalue weighted by Crippen LogP contribution is -2.42. The zero-order valence-electron chi connectivity index (χ0n) is 50.3. The van der Waals surface area contributed by atoms with Crippen molar-refractivity contribution in [2.45, 2.75) is 218 Å². The van der Waals surface area contributed by atoms with Gasteiger partial charge in [-0.15, -0.1) is 0 Å². The third-order valence-electron chi connectivity index (χ3n) is 14.0. The van der Waals surface area contributed by atoms with Crippen LogP contribution < -0.4 is 21.3 Å². The molecule has 0 aliphatic carbocycles. The van der Waals surface area contributed by atoms with Crippen LogP contribution in [0.1, 0.15) is 200 Å². The number of ketones is 3. The van der Waals surface area contributed by atoms with E-state index in [1.54, 1.807) is 6.92 Å². The lowest BCUT2D eigenvalue weighted by atomic mass is 9.89. The van der Waals surface area contributed by atoms with Crippen molar-refractivity contribution in [3.8, 4) is 0 Å². The molecule has 6 atom stereocenters. The summed E-state index contributed by atoms with van der Waals surface area (Å²) in [4.78, 5) is 144. The average molecular weight is 1220 g/mol. The molecule has 85 heavy (non-hydrogen) atoms. The summed E-state index contributed by atoms with van der Waals surface area (Å²) in [5, 5.41) is 66.3. The highest BCUT2D eigenvalue weighted by molar-refractivity contribution is 5.88. The number of aliphatic carboxylic acids is 5. The van der Waals surface area contributed by atoms with Crippen LogP contribution in [-0.4, -0.2) is 186 Å². The van der Waals surface area contributed by atoms with Crippen molar-refractivity contribution >= 4 is 70.8 Å². The van der Waals surface area contributed by atoms with Gasteiger partial charge in [0.15, 0.2) is 5.78 Å². The highest BCUT2D eigenvalue weighted by Gasteiger charge is 2.29. The van der Waals surface area contributed by atoms with Crippen LogP contribution in [0.3, 0.4) is 0 Å². The summed E-state index contributed by atoms with van der Waals surface area (Å²) in [6, 6.07) is -2.64. The SMILES string of the molecule is C[C@@H](CCCCNC(=O)CC[C@H](CC(=O)CC[C@H](NC(=O)COCCOCCCC(=O)COCCOCCNC(=O)CC[C@H](NC(=O)CCCCCCCCCCCCCCCCC(=O)O)C(=O)O)C(=O)O)C(=O)O)C(=O)C[C@H](C(=O)O)[C@@H](C)O. The van der Waals surface area contributed by atoms with Gasteiger partial charge in [0.2, 0.25) is 23.6 Å². The Labute approximate surface area is 499 Å². The van der Waals surface area contributed by atoms with Crippen molar-refractivity contribution in [1.29, 1.82) is 0 Å². The average Bonchev–Trinajstić information content (AvgIpc) is 3.54. The Morgan fingerprint density at radius 2 is 0.859 bits per heavy atom. The summed E-state index contributed by atoms with van der Waals surface area (Å²) in [6.45, 7) is 3.40. The molecular weight excluding hydrogens is 1120 g/mol. The lowest BCUT2D eigenvalue weighted by Gasteiger charge is -2.17. The van der Waals surface area contributed by atoms with Gasteiger partial charge < -0.3 is 70.9 Å². The van der Waals surface area contributed by atoms with E-state index in [2.05, 4.69) is 21.3 Å². The second-order valence-corrected chi connectivity index (χ2v) is 21.6. The van der Waals surface area contributed by atoms with Crippen molar-refractivity contribution < 1.29 is 107 Å². The standard InChI is InChI=1S/C59H100N4O22/c1-42(50(67)39-47(43(2)64)57(76)77)20-17-18-30-60-51(68)28-24-44(56(74)75)38-45(65)25-26-48(58(78)79)63-54(71)41-85-37-34-82-32-19-21-46(66)40-84-36-35-83-33-31-61-52(69)29-27-49(59(80)81)62-53(70)22-15-13-11-9-7-5-3-4-6-8-10-12-14-16-23-55(72)73/h42-44,47-49,64H,3-41H2,1-2H3,(H,60,68)(H,61,69)(H,62,70)(H,63,71)(H,72,73)(H,74,75)(H,76,77)(H,78,79)(H,80,81)/t42-,43+,44+,47-,48-,49-/m0/s1. The summed E-state index contributed by atoms with van der Waals surface area (Å²) < 4.78 is 21.4. The molecule has 0 radical (unpaired) electrons. The molecule has 0 aromatic carbocycles. The number of ether oxygens (including phenoxy) is 4. The van der Waals surface area contributed by atoms with Crippen LogP contribution in [-0.2, 0) is 76.5 Å². The predicted molar refractivity (Wildman–Crippen MR) is 308 cm³/mol. The van der Waals surface area contributed by atoms with Crippen molar-refractivity contribution in [3.05, 3.63) is 0 Å². The number of Topliss-reactive ketones (excluding diaryl/α,β-unsaturated/α-hetero) is 3. The van der Waals surface area contributed by atoms with Gasteiger partial charge in [-0.3, -0.25) is 47.9 Å². The molecule has 0 aromatic heterocycles. The van der Waals surface area contributed by atoms with E-state index in [4.69, 9.17) is 24.1 Å². The van der Waals surface area contributed by atoms with Gasteiger partial charge in [-0.1, -0.05) is 90.4 Å². The number of amides is 4. The number of unbranched alkanes of at least 4 members (excludes halogenated alkanes) is 14. The molecule has 0 rings (SSSR count). The molecule has 0 heterocycles. The Morgan fingerprint density at radius 3 is 1.39 bits per heavy atom. The van der Waals surface area contributed by atoms with Gasteiger partial charge in [0.25, 0.3) is 0 Å². The molecule has 0 aromatic rings. The molecule has 10 N–H and O–H groups in total. The van der Waals surface area contributed by atoms with Gasteiger partial charge in [-0.2, -0.15) is 0 Å². The molecule has 0 saturated heterocycles. The second kappa shape index (κ2) is 51.3. The van der Waals surface area contributed by atoms with Crippen LogP contribution in [0.5, 0.6) is 0 Å². The first-order valence-electron chi connectivity index (χ1n) is 30.3. The Balaban J connectivity index is 4.04. The number of hydrogen-bond acceptors (Lipinski definition) is 17. The molecule has 0 aliphatic heterocycles. The number of carboxylic acids is 5. The van der Waals surface area contributed by atoms with Gasteiger partial charge in [-0.05, 0) is 58.3 Å². The third kappa shape index (κ3) is 46.9. The second-order valence-electron chi connectivity index (χ2n) is 21.6. The summed E-state index contributed by atoms with van der Waals surface area (Å²) in [5.74, 6) is -11.8. The van der Waals surface area contributed by atoms with Crippen LogP contribution in [0.25, 0.3) is 0 Å². The summed E-state index contributed by atoms with van der Waals surface area (Å²) in [5.41, 5.74) is 0. The number of carboxylic acid groups (broad SMARTS) is 5. The molecule has 488 valence electrons. The van der Waals surface area contributed by atoms with Crippen molar-refractivity contribution in [1.82, 2.24) is 21.3 Å². The Hall–Kier alpha value is -5.96. The monoisotopic (exact) mass is 1220 g/mol. The number of carbonyl (C=O) groups is 12. The number of hydrogen-bond donors (Lipinski definition) is 10. The number of nitrogens with one attached hydrogen (secondary N) is 4. The minimum absolute atomic E-state index is 0.0252. The van der Waals surface area contributed by atoms with Crippen molar-refractivity contribution in [2.24, 2.45) is 17.8 Å². The van der Waals surface area contributed by atoms with E-state index in [1.807, 2.05) is 0 Å². The van der Waals surface area contributed by atoms with E-state index in [-0.39, 0.29) is 141 Å². The number of rotatable bonds is 60. The zero-order valence-corrected chi connectivity index (χ0v) is 50.3. The normalized spacial score (nSPS) is 13.3. The van der Waals surface area contributed by atoms with Gasteiger partial charge in [0, 0.05) is 77.0 Å². The minimum atomic E-state index is -1.46. The molecule has 4 amide bonds. The first-order valence-corrected chi connectivity index (χ1v) is 30.3. The molecule has 0 bridgehead atoms. The Kier molecular flexibility index (Phi) is 47.7. The summed E-state index contributed by atoms with van der Waals surface area (Å²) in [6.07, 6.45) is 14.1. The van der Waals surface area contributed by atoms with E-state index < -0.39 is 102 Å². The smallest absolute Gasteiger partial charge is 0.326 e. The van der Waals surface area contributed by atoms with E-state index in [9.17, 15) is 83.1 Å². The van der Waals surface area contributed by atoms with E-state index in [0.717, 1.165) is 51.4 Å². The largest absolute Gasteiger partial charge is 0.481 e. The third-order valence-corrected chi connectivity index (χ3v) is 14.0.